The fourth-order valence-electron chi connectivity index (χ4n) is 9.12. The smallest absolute Gasteiger partial charge is 0.164 e. The van der Waals surface area contributed by atoms with Crippen molar-refractivity contribution in [2.24, 2.45) is 0 Å². The van der Waals surface area contributed by atoms with Gasteiger partial charge in [0.15, 0.2) is 17.5 Å². The van der Waals surface area contributed by atoms with Crippen molar-refractivity contribution in [1.82, 2.24) is 19.9 Å². The first kappa shape index (κ1) is 36.0. The predicted molar refractivity (Wildman–Crippen MR) is 248 cm³/mol. The van der Waals surface area contributed by atoms with Gasteiger partial charge in [0, 0.05) is 29.1 Å². The Morgan fingerprint density at radius 2 is 0.689 bits per heavy atom. The maximum atomic E-state index is 5.03. The van der Waals surface area contributed by atoms with E-state index in [1.807, 2.05) is 54.9 Å². The van der Waals surface area contributed by atoms with E-state index in [-0.39, 0.29) is 0 Å². The van der Waals surface area contributed by atoms with Crippen molar-refractivity contribution in [3.8, 4) is 78.7 Å². The van der Waals surface area contributed by atoms with Crippen LogP contribution in [-0.4, -0.2) is 19.9 Å². The highest BCUT2D eigenvalue weighted by Crippen LogP contribution is 2.58. The molecule has 4 nitrogen and oxygen atoms in total. The molecule has 2 heterocycles. The molecule has 1 aliphatic carbocycles. The van der Waals surface area contributed by atoms with Gasteiger partial charge in [-0.25, -0.2) is 15.0 Å². The lowest BCUT2D eigenvalue weighted by atomic mass is 9.67. The Morgan fingerprint density at radius 1 is 0.279 bits per heavy atom. The van der Waals surface area contributed by atoms with E-state index in [2.05, 4.69) is 181 Å². The Morgan fingerprint density at radius 3 is 1.30 bits per heavy atom. The van der Waals surface area contributed by atoms with E-state index in [0.717, 1.165) is 38.9 Å². The summed E-state index contributed by atoms with van der Waals surface area (Å²) in [4.78, 5) is 19.2. The van der Waals surface area contributed by atoms with Gasteiger partial charge >= 0.3 is 0 Å². The van der Waals surface area contributed by atoms with E-state index < -0.39 is 5.41 Å². The number of rotatable bonds is 8. The molecule has 2 aromatic heterocycles. The minimum Gasteiger partial charge on any atom is -0.265 e. The Hall–Kier alpha value is -8.08. The Labute approximate surface area is 355 Å². The van der Waals surface area contributed by atoms with Crippen LogP contribution in [0.1, 0.15) is 22.3 Å². The van der Waals surface area contributed by atoms with E-state index in [9.17, 15) is 0 Å². The maximum Gasteiger partial charge on any atom is 0.164 e. The van der Waals surface area contributed by atoms with Crippen molar-refractivity contribution in [1.29, 1.82) is 0 Å². The molecular weight excluding hydrogens is 741 g/mol. The molecule has 1 aliphatic rings. The van der Waals surface area contributed by atoms with Gasteiger partial charge < -0.3 is 0 Å². The number of nitrogens with zero attached hydrogens (tertiary/aromatic N) is 4. The third kappa shape index (κ3) is 6.33. The van der Waals surface area contributed by atoms with Gasteiger partial charge in [-0.15, -0.1) is 0 Å². The van der Waals surface area contributed by atoms with Gasteiger partial charge in [-0.2, -0.15) is 0 Å². The van der Waals surface area contributed by atoms with Crippen molar-refractivity contribution in [2.75, 3.05) is 0 Å². The van der Waals surface area contributed by atoms with Crippen molar-refractivity contribution >= 4 is 0 Å². The summed E-state index contributed by atoms with van der Waals surface area (Å²) in [5, 5.41) is 0. The molecule has 8 aromatic carbocycles. The minimum atomic E-state index is -0.448. The first-order valence-electron chi connectivity index (χ1n) is 20.6. The van der Waals surface area contributed by atoms with E-state index in [4.69, 9.17) is 15.0 Å². The second-order valence-electron chi connectivity index (χ2n) is 15.4. The van der Waals surface area contributed by atoms with E-state index >= 15 is 0 Å². The first-order valence-corrected chi connectivity index (χ1v) is 20.6. The fraction of sp³-hybridized carbons (Fsp3) is 0.0175. The largest absolute Gasteiger partial charge is 0.265 e. The van der Waals surface area contributed by atoms with Crippen LogP contribution >= 0.6 is 0 Å². The molecule has 286 valence electrons. The lowest BCUT2D eigenvalue weighted by molar-refractivity contribution is 0.768. The highest BCUT2D eigenvalue weighted by atomic mass is 15.0. The molecule has 0 saturated heterocycles. The molecule has 0 bridgehead atoms. The van der Waals surface area contributed by atoms with Crippen molar-refractivity contribution < 1.29 is 0 Å². The third-order valence-corrected chi connectivity index (χ3v) is 12.0. The molecule has 0 unspecified atom stereocenters. The zero-order valence-electron chi connectivity index (χ0n) is 33.2. The van der Waals surface area contributed by atoms with Crippen LogP contribution in [0.5, 0.6) is 0 Å². The number of pyridine rings is 1. The first-order chi connectivity index (χ1) is 30.2. The monoisotopic (exact) mass is 778 g/mol. The van der Waals surface area contributed by atoms with Crippen LogP contribution in [0.25, 0.3) is 78.7 Å². The Balaban J connectivity index is 0.975. The summed E-state index contributed by atoms with van der Waals surface area (Å²) in [6, 6.07) is 77.7. The molecule has 11 rings (SSSR count). The lowest BCUT2D eigenvalue weighted by Gasteiger charge is -2.34. The normalized spacial score (nSPS) is 12.4. The molecule has 61 heavy (non-hydrogen) atoms. The summed E-state index contributed by atoms with van der Waals surface area (Å²) in [5.74, 6) is 1.89. The molecule has 0 amide bonds. The second kappa shape index (κ2) is 15.3. The molecular formula is C57H38N4. The lowest BCUT2D eigenvalue weighted by Crippen LogP contribution is -2.28. The second-order valence-corrected chi connectivity index (χ2v) is 15.4. The van der Waals surface area contributed by atoms with Crippen LogP contribution in [0.4, 0.5) is 0 Å². The quantitative estimate of drug-likeness (QED) is 0.154. The van der Waals surface area contributed by atoms with Crippen LogP contribution in [-0.2, 0) is 5.41 Å². The van der Waals surface area contributed by atoms with Crippen molar-refractivity contribution in [3.05, 3.63) is 253 Å². The Bertz CT molecular complexity index is 3110. The van der Waals surface area contributed by atoms with Gasteiger partial charge in [-0.1, -0.05) is 200 Å². The molecule has 0 aliphatic heterocycles. The average molecular weight is 779 g/mol. The molecule has 10 aromatic rings. The van der Waals surface area contributed by atoms with Gasteiger partial charge in [0.25, 0.3) is 0 Å². The summed E-state index contributed by atoms with van der Waals surface area (Å²) >= 11 is 0. The van der Waals surface area contributed by atoms with E-state index in [0.29, 0.717) is 17.5 Å². The number of fused-ring (bicyclic) bond motifs is 3. The molecule has 0 saturated carbocycles. The summed E-state index contributed by atoms with van der Waals surface area (Å²) in [6.45, 7) is 0. The standard InChI is InChI=1S/C57H38N4/c1-4-14-42(15-5-1)54-59-55(43-30-26-39(27-31-43)41-34-36-58-37-35-41)61-56(60-54)44-32-28-40(29-33-44)45-16-12-17-46(38-45)49-23-13-25-52-53(49)50-22-10-11-24-51(50)57(52,47-18-6-2-7-19-47)48-20-8-3-9-21-48/h1-38H. The predicted octanol–water partition coefficient (Wildman–Crippen LogP) is 13.6. The highest BCUT2D eigenvalue weighted by molar-refractivity contribution is 5.96. The fourth-order valence-corrected chi connectivity index (χ4v) is 9.12. The van der Waals surface area contributed by atoms with Crippen molar-refractivity contribution in [3.63, 3.8) is 0 Å². The third-order valence-electron chi connectivity index (χ3n) is 12.0. The number of benzene rings is 8. The van der Waals surface area contributed by atoms with Crippen LogP contribution in [0.2, 0.25) is 0 Å². The Kier molecular flexibility index (Phi) is 9.02. The number of aromatic nitrogens is 4. The van der Waals surface area contributed by atoms with Gasteiger partial charge in [0.05, 0.1) is 5.41 Å². The van der Waals surface area contributed by atoms with Gasteiger partial charge in [0.1, 0.15) is 0 Å². The van der Waals surface area contributed by atoms with E-state index in [1.54, 1.807) is 0 Å². The van der Waals surface area contributed by atoms with Crippen LogP contribution in [0, 0.1) is 0 Å². The number of hydrogen-bond acceptors (Lipinski definition) is 4. The zero-order valence-corrected chi connectivity index (χ0v) is 33.2. The molecule has 0 spiro atoms. The molecule has 4 heteroatoms. The van der Waals surface area contributed by atoms with Crippen molar-refractivity contribution in [2.45, 2.75) is 5.41 Å². The topological polar surface area (TPSA) is 51.6 Å². The molecule has 0 fully saturated rings. The minimum absolute atomic E-state index is 0.448. The van der Waals surface area contributed by atoms with Crippen LogP contribution < -0.4 is 0 Å². The molecule has 0 atom stereocenters. The van der Waals surface area contributed by atoms with Crippen LogP contribution in [0.3, 0.4) is 0 Å². The summed E-state index contributed by atoms with van der Waals surface area (Å²) in [6.07, 6.45) is 3.62. The zero-order chi connectivity index (χ0) is 40.6. The molecule has 0 N–H and O–H groups in total. The van der Waals surface area contributed by atoms with Gasteiger partial charge in [-0.05, 0) is 85.0 Å². The average Bonchev–Trinajstić information content (AvgIpc) is 3.66. The SMILES string of the molecule is c1ccc(-c2nc(-c3ccc(-c4ccncc4)cc3)nc(-c3ccc(-c4cccc(-c5cccc6c5-c5ccccc5C6(c5ccccc5)c5ccccc5)c4)cc3)n2)cc1. The maximum absolute atomic E-state index is 5.03. The molecule has 0 radical (unpaired) electrons. The van der Waals surface area contributed by atoms with Crippen LogP contribution in [0.15, 0.2) is 231 Å². The highest BCUT2D eigenvalue weighted by Gasteiger charge is 2.46. The summed E-state index contributed by atoms with van der Waals surface area (Å²) in [5.41, 5.74) is 16.9. The summed E-state index contributed by atoms with van der Waals surface area (Å²) in [7, 11) is 0. The summed E-state index contributed by atoms with van der Waals surface area (Å²) < 4.78 is 0. The van der Waals surface area contributed by atoms with Gasteiger partial charge in [0.2, 0.25) is 0 Å². The van der Waals surface area contributed by atoms with Gasteiger partial charge in [-0.3, -0.25) is 4.98 Å². The van der Waals surface area contributed by atoms with E-state index in [1.165, 1.54) is 44.5 Å². The number of hydrogen-bond donors (Lipinski definition) is 0.